The van der Waals surface area contributed by atoms with Crippen LogP contribution in [0.3, 0.4) is 0 Å². The minimum atomic E-state index is -0.634. The molecule has 0 aromatic rings. The van der Waals surface area contributed by atoms with Gasteiger partial charge in [-0.05, 0) is 6.92 Å². The largest absolute Gasteiger partial charge is 0.464 e. The number of carbonyl (C=O) groups is 2. The molecular formula is C7H13NO3S. The van der Waals surface area contributed by atoms with Crippen LogP contribution in [0.2, 0.25) is 0 Å². The van der Waals surface area contributed by atoms with Crippen LogP contribution in [0.15, 0.2) is 0 Å². The molecule has 0 saturated carbocycles. The summed E-state index contributed by atoms with van der Waals surface area (Å²) in [5, 5.41) is 2.42. The average molecular weight is 191 g/mol. The predicted octanol–water partition coefficient (Wildman–Crippen LogP) is -0.0160. The summed E-state index contributed by atoms with van der Waals surface area (Å²) in [5.41, 5.74) is 0. The fourth-order valence-corrected chi connectivity index (χ4v) is 0.908. The van der Waals surface area contributed by atoms with E-state index in [-0.39, 0.29) is 11.7 Å². The Kier molecular flexibility index (Phi) is 5.53. The lowest BCUT2D eigenvalue weighted by molar-refractivity contribution is -0.146. The van der Waals surface area contributed by atoms with Gasteiger partial charge in [-0.1, -0.05) is 0 Å². The summed E-state index contributed by atoms with van der Waals surface area (Å²) < 4.78 is 4.69. The third-order valence-electron chi connectivity index (χ3n) is 1.13. The van der Waals surface area contributed by atoms with Gasteiger partial charge in [-0.25, -0.2) is 4.79 Å². The Hall–Kier alpha value is -0.710. The second-order valence-corrected chi connectivity index (χ2v) is 2.55. The van der Waals surface area contributed by atoms with Crippen molar-refractivity contribution in [3.8, 4) is 0 Å². The number of amides is 1. The maximum absolute atomic E-state index is 11.0. The van der Waals surface area contributed by atoms with Crippen molar-refractivity contribution in [1.29, 1.82) is 0 Å². The Morgan fingerprint density at radius 1 is 1.58 bits per heavy atom. The molecule has 1 atom stereocenters. The van der Waals surface area contributed by atoms with E-state index < -0.39 is 12.0 Å². The normalized spacial score (nSPS) is 11.9. The molecule has 0 fully saturated rings. The minimum Gasteiger partial charge on any atom is -0.464 e. The predicted molar refractivity (Wildman–Crippen MR) is 48.1 cm³/mol. The number of hydrogen-bond donors (Lipinski definition) is 2. The molecular weight excluding hydrogens is 178 g/mol. The first kappa shape index (κ1) is 11.3. The monoisotopic (exact) mass is 191 g/mol. The number of hydrogen-bond acceptors (Lipinski definition) is 4. The van der Waals surface area contributed by atoms with E-state index in [0.29, 0.717) is 6.61 Å². The number of thiol groups is 1. The maximum Gasteiger partial charge on any atom is 0.329 e. The maximum atomic E-state index is 11.0. The fraction of sp³-hybridized carbons (Fsp3) is 0.714. The van der Waals surface area contributed by atoms with Crippen molar-refractivity contribution in [2.75, 3.05) is 12.4 Å². The van der Waals surface area contributed by atoms with Gasteiger partial charge in [0, 0.05) is 12.7 Å². The molecule has 0 rings (SSSR count). The van der Waals surface area contributed by atoms with Gasteiger partial charge in [0.2, 0.25) is 5.91 Å². The first-order valence-electron chi connectivity index (χ1n) is 3.66. The Morgan fingerprint density at radius 3 is 2.50 bits per heavy atom. The molecule has 12 heavy (non-hydrogen) atoms. The molecule has 0 saturated heterocycles. The molecule has 5 heteroatoms. The fourth-order valence-electron chi connectivity index (χ4n) is 0.667. The van der Waals surface area contributed by atoms with Crippen molar-refractivity contribution in [2.24, 2.45) is 0 Å². The summed E-state index contributed by atoms with van der Waals surface area (Å²) in [6, 6.07) is -0.634. The summed E-state index contributed by atoms with van der Waals surface area (Å²) in [4.78, 5) is 21.6. The summed E-state index contributed by atoms with van der Waals surface area (Å²) in [5.74, 6) is -0.455. The molecule has 0 aromatic carbocycles. The zero-order valence-corrected chi connectivity index (χ0v) is 8.06. The molecule has 1 amide bonds. The lowest BCUT2D eigenvalue weighted by atomic mass is 10.3. The number of carbonyl (C=O) groups excluding carboxylic acids is 2. The molecule has 0 bridgehead atoms. The van der Waals surface area contributed by atoms with Crippen LogP contribution in [0, 0.1) is 0 Å². The van der Waals surface area contributed by atoms with Gasteiger partial charge in [-0.3, -0.25) is 4.79 Å². The Morgan fingerprint density at radius 2 is 2.17 bits per heavy atom. The van der Waals surface area contributed by atoms with E-state index in [9.17, 15) is 9.59 Å². The third kappa shape index (κ3) is 4.23. The highest BCUT2D eigenvalue weighted by atomic mass is 32.1. The van der Waals surface area contributed by atoms with Gasteiger partial charge in [0.25, 0.3) is 0 Å². The van der Waals surface area contributed by atoms with E-state index in [1.165, 1.54) is 6.92 Å². The molecule has 0 spiro atoms. The number of ether oxygens (including phenoxy) is 1. The van der Waals surface area contributed by atoms with Crippen molar-refractivity contribution >= 4 is 24.5 Å². The molecule has 0 unspecified atom stereocenters. The van der Waals surface area contributed by atoms with Crippen LogP contribution in [0.5, 0.6) is 0 Å². The van der Waals surface area contributed by atoms with E-state index in [1.807, 2.05) is 0 Å². The van der Waals surface area contributed by atoms with E-state index in [0.717, 1.165) is 0 Å². The van der Waals surface area contributed by atoms with Crippen molar-refractivity contribution in [2.45, 2.75) is 19.9 Å². The van der Waals surface area contributed by atoms with E-state index in [4.69, 9.17) is 4.74 Å². The minimum absolute atomic E-state index is 0.248. The zero-order chi connectivity index (χ0) is 9.56. The average Bonchev–Trinajstić information content (AvgIpc) is 2.00. The number of nitrogens with one attached hydrogen (secondary N) is 1. The molecule has 0 radical (unpaired) electrons. The summed E-state index contributed by atoms with van der Waals surface area (Å²) in [7, 11) is 0. The van der Waals surface area contributed by atoms with Gasteiger partial charge in [-0.15, -0.1) is 0 Å². The van der Waals surface area contributed by atoms with Crippen LogP contribution in [0.1, 0.15) is 13.8 Å². The highest BCUT2D eigenvalue weighted by Gasteiger charge is 2.18. The van der Waals surface area contributed by atoms with Crippen molar-refractivity contribution in [1.82, 2.24) is 5.32 Å². The van der Waals surface area contributed by atoms with Crippen molar-refractivity contribution < 1.29 is 14.3 Å². The SMILES string of the molecule is CCOC(=O)[C@H](CS)NC(C)=O. The summed E-state index contributed by atoms with van der Waals surface area (Å²) in [6.45, 7) is 3.36. The van der Waals surface area contributed by atoms with Gasteiger partial charge >= 0.3 is 5.97 Å². The van der Waals surface area contributed by atoms with E-state index in [2.05, 4.69) is 17.9 Å². The van der Waals surface area contributed by atoms with Crippen LogP contribution in [-0.2, 0) is 14.3 Å². The van der Waals surface area contributed by atoms with Crippen LogP contribution in [0.25, 0.3) is 0 Å². The second-order valence-electron chi connectivity index (χ2n) is 2.19. The first-order valence-corrected chi connectivity index (χ1v) is 4.29. The summed E-state index contributed by atoms with van der Waals surface area (Å²) in [6.07, 6.45) is 0. The quantitative estimate of drug-likeness (QED) is 0.485. The Balaban J connectivity index is 3.96. The lowest BCUT2D eigenvalue weighted by Gasteiger charge is -2.12. The molecule has 4 nitrogen and oxygen atoms in total. The van der Waals surface area contributed by atoms with Crippen LogP contribution in [0.4, 0.5) is 0 Å². The van der Waals surface area contributed by atoms with Crippen LogP contribution in [-0.4, -0.2) is 30.3 Å². The van der Waals surface area contributed by atoms with Crippen molar-refractivity contribution in [3.05, 3.63) is 0 Å². The molecule has 0 aliphatic heterocycles. The van der Waals surface area contributed by atoms with Crippen LogP contribution < -0.4 is 5.32 Å². The molecule has 0 aliphatic carbocycles. The van der Waals surface area contributed by atoms with Gasteiger partial charge in [0.05, 0.1) is 6.61 Å². The van der Waals surface area contributed by atoms with E-state index >= 15 is 0 Å². The van der Waals surface area contributed by atoms with Gasteiger partial charge < -0.3 is 10.1 Å². The second kappa shape index (κ2) is 5.88. The zero-order valence-electron chi connectivity index (χ0n) is 7.16. The van der Waals surface area contributed by atoms with Crippen molar-refractivity contribution in [3.63, 3.8) is 0 Å². The Labute approximate surface area is 77.1 Å². The highest BCUT2D eigenvalue weighted by Crippen LogP contribution is 1.92. The Bertz CT molecular complexity index is 172. The van der Waals surface area contributed by atoms with Gasteiger partial charge in [0.1, 0.15) is 6.04 Å². The third-order valence-corrected chi connectivity index (χ3v) is 1.50. The molecule has 0 aromatic heterocycles. The lowest BCUT2D eigenvalue weighted by Crippen LogP contribution is -2.42. The highest BCUT2D eigenvalue weighted by molar-refractivity contribution is 7.80. The van der Waals surface area contributed by atoms with Crippen LogP contribution >= 0.6 is 12.6 Å². The molecule has 1 N–H and O–H groups in total. The van der Waals surface area contributed by atoms with E-state index in [1.54, 1.807) is 6.92 Å². The topological polar surface area (TPSA) is 55.4 Å². The number of esters is 1. The smallest absolute Gasteiger partial charge is 0.329 e. The number of rotatable bonds is 4. The molecule has 0 aliphatic rings. The standard InChI is InChI=1S/C7H13NO3S/c1-3-11-7(10)6(4-12)8-5(2)9/h6,12H,3-4H2,1-2H3,(H,8,9)/t6-/m0/s1. The molecule has 0 heterocycles. The first-order chi connectivity index (χ1) is 5.61. The van der Waals surface area contributed by atoms with Gasteiger partial charge in [0.15, 0.2) is 0 Å². The molecule has 70 valence electrons. The van der Waals surface area contributed by atoms with Gasteiger partial charge in [-0.2, -0.15) is 12.6 Å². The summed E-state index contributed by atoms with van der Waals surface area (Å²) >= 11 is 3.91.